The molecule has 0 spiro atoms. The first-order valence-electron chi connectivity index (χ1n) is 4.77. The molecule has 1 rings (SSSR count). The average Bonchev–Trinajstić information content (AvgIpc) is 2.26. The van der Waals surface area contributed by atoms with Crippen LogP contribution in [0.2, 0.25) is 0 Å². The molecule has 0 aliphatic carbocycles. The first-order chi connectivity index (χ1) is 7.19. The molecule has 0 radical (unpaired) electrons. The number of aliphatic hydroxyl groups excluding tert-OH is 2. The van der Waals surface area contributed by atoms with E-state index in [1.165, 1.54) is 0 Å². The van der Waals surface area contributed by atoms with Crippen molar-refractivity contribution in [2.45, 2.75) is 13.0 Å². The third-order valence-electron chi connectivity index (χ3n) is 2.17. The van der Waals surface area contributed by atoms with Crippen LogP contribution in [0.4, 0.5) is 0 Å². The fourth-order valence-corrected chi connectivity index (χ4v) is 1.24. The lowest BCUT2D eigenvalue weighted by Gasteiger charge is -2.14. The topological polar surface area (TPSA) is 69.6 Å². The molecule has 4 heteroatoms. The van der Waals surface area contributed by atoms with Crippen LogP contribution < -0.4 is 5.32 Å². The highest BCUT2D eigenvalue weighted by molar-refractivity contribution is 5.95. The predicted molar refractivity (Wildman–Crippen MR) is 56.6 cm³/mol. The maximum absolute atomic E-state index is 11.7. The van der Waals surface area contributed by atoms with Gasteiger partial charge in [0.25, 0.3) is 5.91 Å². The van der Waals surface area contributed by atoms with Crippen LogP contribution in [0.1, 0.15) is 15.9 Å². The van der Waals surface area contributed by atoms with Crippen molar-refractivity contribution < 1.29 is 15.0 Å². The van der Waals surface area contributed by atoms with Gasteiger partial charge in [-0.1, -0.05) is 18.2 Å². The van der Waals surface area contributed by atoms with Crippen molar-refractivity contribution in [1.29, 1.82) is 0 Å². The van der Waals surface area contributed by atoms with Gasteiger partial charge in [0, 0.05) is 5.56 Å². The van der Waals surface area contributed by atoms with E-state index in [0.29, 0.717) is 5.56 Å². The molecule has 0 heterocycles. The zero-order valence-electron chi connectivity index (χ0n) is 8.60. The van der Waals surface area contributed by atoms with Crippen LogP contribution in [-0.2, 0) is 0 Å². The van der Waals surface area contributed by atoms with Crippen LogP contribution in [-0.4, -0.2) is 35.4 Å². The minimum atomic E-state index is -0.600. The number of hydrogen-bond acceptors (Lipinski definition) is 3. The number of hydrogen-bond donors (Lipinski definition) is 3. The minimum absolute atomic E-state index is 0.270. The van der Waals surface area contributed by atoms with Crippen LogP contribution in [0.5, 0.6) is 0 Å². The van der Waals surface area contributed by atoms with E-state index in [0.717, 1.165) is 5.56 Å². The van der Waals surface area contributed by atoms with Crippen molar-refractivity contribution in [2.75, 3.05) is 13.2 Å². The summed E-state index contributed by atoms with van der Waals surface area (Å²) in [6, 6.07) is 6.56. The molecule has 3 N–H and O–H groups in total. The highest BCUT2D eigenvalue weighted by atomic mass is 16.3. The quantitative estimate of drug-likeness (QED) is 0.657. The van der Waals surface area contributed by atoms with E-state index < -0.39 is 6.04 Å². The van der Waals surface area contributed by atoms with Crippen LogP contribution in [0.25, 0.3) is 0 Å². The summed E-state index contributed by atoms with van der Waals surface area (Å²) in [6.07, 6.45) is 0. The lowest BCUT2D eigenvalue weighted by atomic mass is 10.1. The van der Waals surface area contributed by atoms with Crippen molar-refractivity contribution in [2.24, 2.45) is 0 Å². The Bertz CT molecular complexity index is 334. The number of benzene rings is 1. The third-order valence-corrected chi connectivity index (χ3v) is 2.17. The van der Waals surface area contributed by atoms with E-state index in [9.17, 15) is 4.79 Å². The summed E-state index contributed by atoms with van der Waals surface area (Å²) in [5.41, 5.74) is 1.43. The Morgan fingerprint density at radius 1 is 1.33 bits per heavy atom. The number of carbonyl (C=O) groups is 1. The second-order valence-corrected chi connectivity index (χ2v) is 3.35. The summed E-state index contributed by atoms with van der Waals surface area (Å²) in [6.45, 7) is 1.30. The Morgan fingerprint density at radius 2 is 1.93 bits per heavy atom. The van der Waals surface area contributed by atoms with Crippen LogP contribution in [0.15, 0.2) is 24.3 Å². The Morgan fingerprint density at radius 3 is 2.47 bits per heavy atom. The van der Waals surface area contributed by atoms with Gasteiger partial charge >= 0.3 is 0 Å². The van der Waals surface area contributed by atoms with Gasteiger partial charge in [0.1, 0.15) is 0 Å². The number of aliphatic hydroxyl groups is 2. The molecule has 0 bridgehead atoms. The minimum Gasteiger partial charge on any atom is -0.394 e. The van der Waals surface area contributed by atoms with Gasteiger partial charge in [-0.25, -0.2) is 0 Å². The Hall–Kier alpha value is -1.39. The van der Waals surface area contributed by atoms with Crippen molar-refractivity contribution >= 4 is 5.91 Å². The molecule has 82 valence electrons. The van der Waals surface area contributed by atoms with Gasteiger partial charge < -0.3 is 15.5 Å². The second kappa shape index (κ2) is 5.48. The predicted octanol–water partition coefficient (Wildman–Crippen LogP) is 0.0780. The molecule has 0 saturated carbocycles. The number of nitrogens with one attached hydrogen (secondary N) is 1. The molecule has 0 fully saturated rings. The van der Waals surface area contributed by atoms with E-state index >= 15 is 0 Å². The molecule has 0 saturated heterocycles. The maximum Gasteiger partial charge on any atom is 0.251 e. The molecular formula is C11H15NO3. The zero-order valence-corrected chi connectivity index (χ0v) is 8.60. The maximum atomic E-state index is 11.7. The summed E-state index contributed by atoms with van der Waals surface area (Å²) in [4.78, 5) is 11.7. The summed E-state index contributed by atoms with van der Waals surface area (Å²) in [5.74, 6) is -0.277. The van der Waals surface area contributed by atoms with Crippen molar-refractivity contribution in [3.05, 3.63) is 35.4 Å². The van der Waals surface area contributed by atoms with Crippen molar-refractivity contribution in [3.63, 3.8) is 0 Å². The second-order valence-electron chi connectivity index (χ2n) is 3.35. The van der Waals surface area contributed by atoms with Gasteiger partial charge in [-0.2, -0.15) is 0 Å². The molecule has 0 aliphatic heterocycles. The number of aryl methyl sites for hydroxylation is 1. The normalized spacial score (nSPS) is 10.4. The Labute approximate surface area is 88.6 Å². The highest BCUT2D eigenvalue weighted by Crippen LogP contribution is 2.06. The molecule has 0 atom stereocenters. The highest BCUT2D eigenvalue weighted by Gasteiger charge is 2.12. The summed E-state index contributed by atoms with van der Waals surface area (Å²) in [5, 5.41) is 20.2. The number of rotatable bonds is 4. The van der Waals surface area contributed by atoms with Gasteiger partial charge in [0.2, 0.25) is 0 Å². The Kier molecular flexibility index (Phi) is 4.27. The van der Waals surface area contributed by atoms with E-state index in [-0.39, 0.29) is 19.1 Å². The van der Waals surface area contributed by atoms with E-state index in [1.807, 2.05) is 19.1 Å². The van der Waals surface area contributed by atoms with Gasteiger partial charge in [0.05, 0.1) is 19.3 Å². The third kappa shape index (κ3) is 3.04. The van der Waals surface area contributed by atoms with Crippen LogP contribution >= 0.6 is 0 Å². The standard InChI is InChI=1S/C11H15NO3/c1-8-4-2-3-5-10(8)11(15)12-9(6-13)7-14/h2-5,9,13-14H,6-7H2,1H3,(H,12,15). The molecular weight excluding hydrogens is 194 g/mol. The molecule has 0 unspecified atom stereocenters. The largest absolute Gasteiger partial charge is 0.394 e. The molecule has 1 aromatic rings. The Balaban J connectivity index is 2.73. The van der Waals surface area contributed by atoms with E-state index in [2.05, 4.69) is 5.32 Å². The van der Waals surface area contributed by atoms with E-state index in [1.54, 1.807) is 12.1 Å². The number of carbonyl (C=O) groups excluding carboxylic acids is 1. The molecule has 0 aromatic heterocycles. The van der Waals surface area contributed by atoms with Crippen LogP contribution in [0, 0.1) is 6.92 Å². The smallest absolute Gasteiger partial charge is 0.251 e. The fraction of sp³-hybridized carbons (Fsp3) is 0.364. The van der Waals surface area contributed by atoms with Crippen molar-refractivity contribution in [3.8, 4) is 0 Å². The summed E-state index contributed by atoms with van der Waals surface area (Å²) >= 11 is 0. The average molecular weight is 209 g/mol. The molecule has 15 heavy (non-hydrogen) atoms. The van der Waals surface area contributed by atoms with Gasteiger partial charge in [-0.05, 0) is 18.6 Å². The zero-order chi connectivity index (χ0) is 11.3. The molecule has 1 amide bonds. The van der Waals surface area contributed by atoms with Gasteiger partial charge in [-0.3, -0.25) is 4.79 Å². The summed E-state index contributed by atoms with van der Waals surface area (Å²) in [7, 11) is 0. The first-order valence-corrected chi connectivity index (χ1v) is 4.77. The monoisotopic (exact) mass is 209 g/mol. The summed E-state index contributed by atoms with van der Waals surface area (Å²) < 4.78 is 0. The first kappa shape index (κ1) is 11.7. The van der Waals surface area contributed by atoms with Gasteiger partial charge in [-0.15, -0.1) is 0 Å². The van der Waals surface area contributed by atoms with Gasteiger partial charge in [0.15, 0.2) is 0 Å². The lowest BCUT2D eigenvalue weighted by molar-refractivity contribution is 0.0879. The van der Waals surface area contributed by atoms with E-state index in [4.69, 9.17) is 10.2 Å². The fourth-order valence-electron chi connectivity index (χ4n) is 1.24. The lowest BCUT2D eigenvalue weighted by Crippen LogP contribution is -2.40. The SMILES string of the molecule is Cc1ccccc1C(=O)NC(CO)CO. The van der Waals surface area contributed by atoms with Crippen molar-refractivity contribution in [1.82, 2.24) is 5.32 Å². The molecule has 0 aliphatic rings. The molecule has 4 nitrogen and oxygen atoms in total. The number of amides is 1. The van der Waals surface area contributed by atoms with Crippen LogP contribution in [0.3, 0.4) is 0 Å². The molecule has 1 aromatic carbocycles.